The molecular formula is C13H24N4. The number of aryl methyl sites for hydroxylation is 1. The van der Waals surface area contributed by atoms with Gasteiger partial charge in [-0.2, -0.15) is 0 Å². The highest BCUT2D eigenvalue weighted by Crippen LogP contribution is 2.16. The Hall–Kier alpha value is -1.32. The molecule has 0 aliphatic rings. The van der Waals surface area contributed by atoms with Crippen molar-refractivity contribution in [3.8, 4) is 0 Å². The van der Waals surface area contributed by atoms with Gasteiger partial charge in [0.1, 0.15) is 17.5 Å². The number of hydrogen-bond donors (Lipinski definition) is 2. The highest BCUT2D eigenvalue weighted by molar-refractivity contribution is 5.48. The largest absolute Gasteiger partial charge is 0.370 e. The lowest BCUT2D eigenvalue weighted by atomic mass is 10.1. The first kappa shape index (κ1) is 13.7. The fraction of sp³-hybridized carbons (Fsp3) is 0.692. The Morgan fingerprint density at radius 1 is 1.12 bits per heavy atom. The van der Waals surface area contributed by atoms with E-state index in [9.17, 15) is 0 Å². The minimum Gasteiger partial charge on any atom is -0.370 e. The molecule has 1 heterocycles. The molecule has 0 aromatic carbocycles. The molecule has 0 saturated heterocycles. The second-order valence-electron chi connectivity index (χ2n) is 5.21. The number of anilines is 2. The van der Waals surface area contributed by atoms with E-state index < -0.39 is 0 Å². The van der Waals surface area contributed by atoms with Gasteiger partial charge in [-0.3, -0.25) is 0 Å². The van der Waals surface area contributed by atoms with Crippen LogP contribution < -0.4 is 10.6 Å². The van der Waals surface area contributed by atoms with Crippen LogP contribution in [0, 0.1) is 0 Å². The summed E-state index contributed by atoms with van der Waals surface area (Å²) in [5.74, 6) is 2.67. The first-order valence-electron chi connectivity index (χ1n) is 6.34. The molecule has 1 aromatic rings. The molecule has 0 spiro atoms. The van der Waals surface area contributed by atoms with Crippen LogP contribution in [-0.2, 0) is 6.42 Å². The molecule has 1 rings (SSSR count). The molecule has 0 radical (unpaired) electrons. The standard InChI is InChI=1S/C13H24N4/c1-6-8-14-11-9-12(17-13(3,4)5)16-10(7-2)15-11/h9H,6-8H2,1-5H3,(H2,14,15,16,17). The van der Waals surface area contributed by atoms with E-state index in [2.05, 4.69) is 55.2 Å². The lowest BCUT2D eigenvalue weighted by Crippen LogP contribution is -2.27. The van der Waals surface area contributed by atoms with Crippen molar-refractivity contribution in [1.29, 1.82) is 0 Å². The van der Waals surface area contributed by atoms with E-state index in [-0.39, 0.29) is 5.54 Å². The van der Waals surface area contributed by atoms with Gasteiger partial charge in [0.2, 0.25) is 0 Å². The van der Waals surface area contributed by atoms with Gasteiger partial charge in [-0.1, -0.05) is 13.8 Å². The maximum absolute atomic E-state index is 4.48. The minimum atomic E-state index is 0.0153. The van der Waals surface area contributed by atoms with Gasteiger partial charge >= 0.3 is 0 Å². The van der Waals surface area contributed by atoms with Crippen LogP contribution in [0.4, 0.5) is 11.6 Å². The Balaban J connectivity index is 2.88. The van der Waals surface area contributed by atoms with Crippen LogP contribution in [-0.4, -0.2) is 22.1 Å². The first-order valence-corrected chi connectivity index (χ1v) is 6.34. The second-order valence-corrected chi connectivity index (χ2v) is 5.21. The molecule has 17 heavy (non-hydrogen) atoms. The molecule has 2 N–H and O–H groups in total. The number of hydrogen-bond acceptors (Lipinski definition) is 4. The third-order valence-corrected chi connectivity index (χ3v) is 2.15. The van der Waals surface area contributed by atoms with E-state index in [1.165, 1.54) is 0 Å². The highest BCUT2D eigenvalue weighted by Gasteiger charge is 2.11. The van der Waals surface area contributed by atoms with Crippen molar-refractivity contribution in [3.63, 3.8) is 0 Å². The quantitative estimate of drug-likeness (QED) is 0.825. The summed E-state index contributed by atoms with van der Waals surface area (Å²) in [6.07, 6.45) is 1.94. The van der Waals surface area contributed by atoms with Gasteiger partial charge in [0.15, 0.2) is 0 Å². The predicted molar refractivity (Wildman–Crippen MR) is 73.6 cm³/mol. The summed E-state index contributed by atoms with van der Waals surface area (Å²) >= 11 is 0. The highest BCUT2D eigenvalue weighted by atomic mass is 15.1. The van der Waals surface area contributed by atoms with Crippen molar-refractivity contribution in [3.05, 3.63) is 11.9 Å². The fourth-order valence-electron chi connectivity index (χ4n) is 1.45. The average molecular weight is 236 g/mol. The van der Waals surface area contributed by atoms with E-state index in [0.29, 0.717) is 0 Å². The zero-order valence-electron chi connectivity index (χ0n) is 11.6. The van der Waals surface area contributed by atoms with Gasteiger partial charge in [-0.15, -0.1) is 0 Å². The van der Waals surface area contributed by atoms with Gasteiger partial charge in [-0.05, 0) is 27.2 Å². The molecule has 96 valence electrons. The first-order chi connectivity index (χ1) is 7.94. The van der Waals surface area contributed by atoms with Crippen molar-refractivity contribution in [2.75, 3.05) is 17.2 Å². The van der Waals surface area contributed by atoms with Crippen LogP contribution in [0.3, 0.4) is 0 Å². The van der Waals surface area contributed by atoms with Crippen LogP contribution in [0.25, 0.3) is 0 Å². The summed E-state index contributed by atoms with van der Waals surface area (Å²) in [5.41, 5.74) is 0.0153. The number of nitrogens with one attached hydrogen (secondary N) is 2. The Kier molecular flexibility index (Phi) is 4.73. The summed E-state index contributed by atoms with van der Waals surface area (Å²) in [4.78, 5) is 8.94. The zero-order chi connectivity index (χ0) is 12.9. The normalized spacial score (nSPS) is 11.4. The molecule has 1 aromatic heterocycles. The van der Waals surface area contributed by atoms with Crippen molar-refractivity contribution in [1.82, 2.24) is 9.97 Å². The van der Waals surface area contributed by atoms with E-state index in [1.807, 2.05) is 6.07 Å². The monoisotopic (exact) mass is 236 g/mol. The Morgan fingerprint density at radius 3 is 2.29 bits per heavy atom. The maximum Gasteiger partial charge on any atom is 0.132 e. The SMILES string of the molecule is CCCNc1cc(NC(C)(C)C)nc(CC)n1. The number of aromatic nitrogens is 2. The smallest absolute Gasteiger partial charge is 0.132 e. The third kappa shape index (κ3) is 5.02. The number of nitrogens with zero attached hydrogens (tertiary/aromatic N) is 2. The van der Waals surface area contributed by atoms with Gasteiger partial charge in [0, 0.05) is 24.6 Å². The van der Waals surface area contributed by atoms with E-state index in [0.717, 1.165) is 36.8 Å². The van der Waals surface area contributed by atoms with Crippen molar-refractivity contribution in [2.45, 2.75) is 53.0 Å². The van der Waals surface area contributed by atoms with Crippen molar-refractivity contribution in [2.24, 2.45) is 0 Å². The van der Waals surface area contributed by atoms with Gasteiger partial charge in [-0.25, -0.2) is 9.97 Å². The third-order valence-electron chi connectivity index (χ3n) is 2.15. The minimum absolute atomic E-state index is 0.0153. The van der Waals surface area contributed by atoms with E-state index in [4.69, 9.17) is 0 Å². The maximum atomic E-state index is 4.48. The van der Waals surface area contributed by atoms with Gasteiger partial charge < -0.3 is 10.6 Å². The predicted octanol–water partition coefficient (Wildman–Crippen LogP) is 3.07. The van der Waals surface area contributed by atoms with E-state index >= 15 is 0 Å². The van der Waals surface area contributed by atoms with Crippen LogP contribution in [0.2, 0.25) is 0 Å². The molecule has 0 aliphatic carbocycles. The summed E-state index contributed by atoms with van der Waals surface area (Å²) in [7, 11) is 0. The molecule has 4 heteroatoms. The Bertz CT molecular complexity index is 355. The van der Waals surface area contributed by atoms with Crippen LogP contribution in [0.15, 0.2) is 6.07 Å². The molecule has 0 saturated carbocycles. The van der Waals surface area contributed by atoms with Crippen LogP contribution >= 0.6 is 0 Å². The average Bonchev–Trinajstić information content (AvgIpc) is 2.23. The molecule has 4 nitrogen and oxygen atoms in total. The van der Waals surface area contributed by atoms with Gasteiger partial charge in [0.05, 0.1) is 0 Å². The van der Waals surface area contributed by atoms with E-state index in [1.54, 1.807) is 0 Å². The molecule has 0 atom stereocenters. The summed E-state index contributed by atoms with van der Waals surface area (Å²) in [6, 6.07) is 1.97. The molecule has 0 aliphatic heterocycles. The molecule has 0 bridgehead atoms. The Labute approximate surface area is 104 Å². The molecule has 0 amide bonds. The lowest BCUT2D eigenvalue weighted by Gasteiger charge is -2.22. The molecular weight excluding hydrogens is 212 g/mol. The molecule has 0 unspecified atom stereocenters. The van der Waals surface area contributed by atoms with Crippen LogP contribution in [0.1, 0.15) is 46.9 Å². The summed E-state index contributed by atoms with van der Waals surface area (Å²) < 4.78 is 0. The van der Waals surface area contributed by atoms with Gasteiger partial charge in [0.25, 0.3) is 0 Å². The van der Waals surface area contributed by atoms with Crippen molar-refractivity contribution >= 4 is 11.6 Å². The fourth-order valence-corrected chi connectivity index (χ4v) is 1.45. The molecule has 0 fully saturated rings. The second kappa shape index (κ2) is 5.84. The summed E-state index contributed by atoms with van der Waals surface area (Å²) in [5, 5.41) is 6.69. The zero-order valence-corrected chi connectivity index (χ0v) is 11.6. The Morgan fingerprint density at radius 2 is 1.76 bits per heavy atom. The topological polar surface area (TPSA) is 49.8 Å². The van der Waals surface area contributed by atoms with Crippen molar-refractivity contribution < 1.29 is 0 Å². The number of rotatable bonds is 5. The lowest BCUT2D eigenvalue weighted by molar-refractivity contribution is 0.629. The summed E-state index contributed by atoms with van der Waals surface area (Å²) in [6.45, 7) is 11.5. The van der Waals surface area contributed by atoms with Crippen LogP contribution in [0.5, 0.6) is 0 Å².